The van der Waals surface area contributed by atoms with Crippen LogP contribution in [0.5, 0.6) is 0 Å². The van der Waals surface area contributed by atoms with Crippen LogP contribution in [0, 0.1) is 6.92 Å². The van der Waals surface area contributed by atoms with Gasteiger partial charge in [0.25, 0.3) is 0 Å². The summed E-state index contributed by atoms with van der Waals surface area (Å²) in [6.45, 7) is 5.98. The monoisotopic (exact) mass is 221 g/mol. The van der Waals surface area contributed by atoms with Gasteiger partial charge in [0.1, 0.15) is 6.04 Å². The number of carboxylic acid groups (broad SMARTS) is 1. The summed E-state index contributed by atoms with van der Waals surface area (Å²) in [5.41, 5.74) is 9.10. The van der Waals surface area contributed by atoms with Gasteiger partial charge in [0.2, 0.25) is 0 Å². The molecule has 0 amide bonds. The molecule has 0 saturated heterocycles. The van der Waals surface area contributed by atoms with Crippen LogP contribution in [0.15, 0.2) is 18.2 Å². The van der Waals surface area contributed by atoms with Gasteiger partial charge in [-0.1, -0.05) is 32.0 Å². The molecule has 0 spiro atoms. The van der Waals surface area contributed by atoms with E-state index >= 15 is 0 Å². The molecule has 0 radical (unpaired) electrons. The molecule has 0 aromatic heterocycles. The van der Waals surface area contributed by atoms with E-state index in [-0.39, 0.29) is 5.92 Å². The molecule has 88 valence electrons. The van der Waals surface area contributed by atoms with Gasteiger partial charge < -0.3 is 10.8 Å². The minimum absolute atomic E-state index is 0.163. The molecule has 3 heteroatoms. The van der Waals surface area contributed by atoms with Crippen LogP contribution in [-0.4, -0.2) is 17.1 Å². The number of nitrogens with two attached hydrogens (primary N) is 1. The number of hydrogen-bond acceptors (Lipinski definition) is 2. The van der Waals surface area contributed by atoms with Crippen LogP contribution in [0.2, 0.25) is 0 Å². The van der Waals surface area contributed by atoms with Crippen molar-refractivity contribution in [2.75, 3.05) is 0 Å². The minimum Gasteiger partial charge on any atom is -0.480 e. The molecule has 0 aliphatic carbocycles. The van der Waals surface area contributed by atoms with Crippen molar-refractivity contribution in [1.29, 1.82) is 0 Å². The zero-order valence-electron chi connectivity index (χ0n) is 10.0. The Kier molecular flexibility index (Phi) is 4.07. The van der Waals surface area contributed by atoms with Crippen molar-refractivity contribution in [2.24, 2.45) is 5.73 Å². The average molecular weight is 221 g/mol. The van der Waals surface area contributed by atoms with Crippen LogP contribution in [0.4, 0.5) is 0 Å². The van der Waals surface area contributed by atoms with Crippen LogP contribution in [0.25, 0.3) is 0 Å². The molecular weight excluding hydrogens is 202 g/mol. The molecule has 1 aromatic rings. The van der Waals surface area contributed by atoms with Crippen molar-refractivity contribution in [1.82, 2.24) is 0 Å². The van der Waals surface area contributed by atoms with E-state index in [0.717, 1.165) is 17.5 Å². The number of carbonyl (C=O) groups is 1. The van der Waals surface area contributed by atoms with E-state index in [4.69, 9.17) is 10.8 Å². The first-order chi connectivity index (χ1) is 7.49. The van der Waals surface area contributed by atoms with Crippen molar-refractivity contribution in [2.45, 2.75) is 39.2 Å². The molecule has 0 aliphatic heterocycles. The van der Waals surface area contributed by atoms with E-state index in [1.807, 2.05) is 26.0 Å². The largest absolute Gasteiger partial charge is 0.480 e. The van der Waals surface area contributed by atoms with Crippen molar-refractivity contribution >= 4 is 5.97 Å². The molecule has 1 rings (SSSR count). The van der Waals surface area contributed by atoms with Crippen LogP contribution in [0.1, 0.15) is 36.5 Å². The highest BCUT2D eigenvalue weighted by atomic mass is 16.4. The molecule has 0 saturated carbocycles. The summed E-state index contributed by atoms with van der Waals surface area (Å²) >= 11 is 0. The quantitative estimate of drug-likeness (QED) is 0.818. The molecule has 1 aromatic carbocycles. The fourth-order valence-corrected chi connectivity index (χ4v) is 1.99. The van der Waals surface area contributed by atoms with Crippen LogP contribution >= 0.6 is 0 Å². The lowest BCUT2D eigenvalue weighted by molar-refractivity contribution is -0.139. The molecule has 2 atom stereocenters. The van der Waals surface area contributed by atoms with Crippen LogP contribution in [-0.2, 0) is 11.2 Å². The van der Waals surface area contributed by atoms with Gasteiger partial charge in [0.05, 0.1) is 0 Å². The first-order valence-electron chi connectivity index (χ1n) is 5.55. The molecule has 16 heavy (non-hydrogen) atoms. The topological polar surface area (TPSA) is 63.3 Å². The van der Waals surface area contributed by atoms with Gasteiger partial charge in [0.15, 0.2) is 0 Å². The van der Waals surface area contributed by atoms with Crippen LogP contribution < -0.4 is 5.73 Å². The summed E-state index contributed by atoms with van der Waals surface area (Å²) in [6, 6.07) is 5.15. The van der Waals surface area contributed by atoms with Crippen molar-refractivity contribution in [3.63, 3.8) is 0 Å². The Balaban J connectivity index is 3.08. The predicted molar refractivity (Wildman–Crippen MR) is 64.6 cm³/mol. The molecule has 3 nitrogen and oxygen atoms in total. The molecule has 0 unspecified atom stereocenters. The van der Waals surface area contributed by atoms with Gasteiger partial charge >= 0.3 is 5.97 Å². The van der Waals surface area contributed by atoms with E-state index in [9.17, 15) is 4.79 Å². The van der Waals surface area contributed by atoms with E-state index in [1.54, 1.807) is 0 Å². The number of hydrogen-bond donors (Lipinski definition) is 2. The summed E-state index contributed by atoms with van der Waals surface area (Å²) < 4.78 is 0. The fraction of sp³-hybridized carbons (Fsp3) is 0.462. The maximum absolute atomic E-state index is 10.9. The number of aryl methyl sites for hydroxylation is 1. The maximum atomic E-state index is 10.9. The first kappa shape index (κ1) is 12.7. The van der Waals surface area contributed by atoms with E-state index in [0.29, 0.717) is 0 Å². The first-order valence-corrected chi connectivity index (χ1v) is 5.55. The number of aliphatic carboxylic acids is 1. The van der Waals surface area contributed by atoms with Gasteiger partial charge in [-0.25, -0.2) is 0 Å². The second-order valence-corrected chi connectivity index (χ2v) is 4.14. The SMILES string of the molecule is CCc1cccc([C@@H](C)[C@H](N)C(=O)O)c1C. The summed E-state index contributed by atoms with van der Waals surface area (Å²) in [5.74, 6) is -1.11. The van der Waals surface area contributed by atoms with E-state index in [1.165, 1.54) is 5.56 Å². The highest BCUT2D eigenvalue weighted by Crippen LogP contribution is 2.24. The molecule has 3 N–H and O–H groups in total. The fourth-order valence-electron chi connectivity index (χ4n) is 1.99. The van der Waals surface area contributed by atoms with Crippen molar-refractivity contribution < 1.29 is 9.90 Å². The summed E-state index contributed by atoms with van der Waals surface area (Å²) in [7, 11) is 0. The average Bonchev–Trinajstić information content (AvgIpc) is 2.27. The Hall–Kier alpha value is -1.35. The molecule has 0 fully saturated rings. The number of benzene rings is 1. The van der Waals surface area contributed by atoms with Crippen molar-refractivity contribution in [3.8, 4) is 0 Å². The van der Waals surface area contributed by atoms with Crippen molar-refractivity contribution in [3.05, 3.63) is 34.9 Å². The van der Waals surface area contributed by atoms with Crippen LogP contribution in [0.3, 0.4) is 0 Å². The molecule has 0 aliphatic rings. The van der Waals surface area contributed by atoms with E-state index < -0.39 is 12.0 Å². The molecule has 0 bridgehead atoms. The molecular formula is C13H19NO2. The number of carboxylic acids is 1. The Labute approximate surface area is 96.3 Å². The summed E-state index contributed by atoms with van der Waals surface area (Å²) in [6.07, 6.45) is 0.953. The zero-order valence-corrected chi connectivity index (χ0v) is 10.0. The van der Waals surface area contributed by atoms with Gasteiger partial charge in [-0.15, -0.1) is 0 Å². The Morgan fingerprint density at radius 1 is 1.50 bits per heavy atom. The Morgan fingerprint density at radius 3 is 2.62 bits per heavy atom. The highest BCUT2D eigenvalue weighted by molar-refractivity contribution is 5.74. The summed E-state index contributed by atoms with van der Waals surface area (Å²) in [4.78, 5) is 10.9. The lowest BCUT2D eigenvalue weighted by Gasteiger charge is -2.20. The predicted octanol–water partition coefficient (Wildman–Crippen LogP) is 2.07. The lowest BCUT2D eigenvalue weighted by Crippen LogP contribution is -2.35. The van der Waals surface area contributed by atoms with Gasteiger partial charge in [-0.3, -0.25) is 4.79 Å². The maximum Gasteiger partial charge on any atom is 0.321 e. The second-order valence-electron chi connectivity index (χ2n) is 4.14. The zero-order chi connectivity index (χ0) is 12.3. The smallest absolute Gasteiger partial charge is 0.321 e. The second kappa shape index (κ2) is 5.12. The summed E-state index contributed by atoms with van der Waals surface area (Å²) in [5, 5.41) is 8.91. The third-order valence-electron chi connectivity index (χ3n) is 3.18. The van der Waals surface area contributed by atoms with Gasteiger partial charge in [-0.05, 0) is 30.0 Å². The molecule has 0 heterocycles. The standard InChI is InChI=1S/C13H19NO2/c1-4-10-6-5-7-11(8(10)2)9(3)12(14)13(15)16/h5-7,9,12H,4,14H2,1-3H3,(H,15,16)/t9-,12+/m1/s1. The lowest BCUT2D eigenvalue weighted by atomic mass is 9.88. The highest BCUT2D eigenvalue weighted by Gasteiger charge is 2.23. The van der Waals surface area contributed by atoms with E-state index in [2.05, 4.69) is 13.0 Å². The Bertz CT molecular complexity index is 388. The number of rotatable bonds is 4. The third kappa shape index (κ3) is 2.42. The minimum atomic E-state index is -0.950. The third-order valence-corrected chi connectivity index (χ3v) is 3.18. The normalized spacial score (nSPS) is 14.5. The van der Waals surface area contributed by atoms with Gasteiger partial charge in [-0.2, -0.15) is 0 Å². The van der Waals surface area contributed by atoms with Gasteiger partial charge in [0, 0.05) is 5.92 Å². The Morgan fingerprint density at radius 2 is 2.12 bits per heavy atom.